The summed E-state index contributed by atoms with van der Waals surface area (Å²) in [4.78, 5) is 0. The maximum absolute atomic E-state index is 6.70. The van der Waals surface area contributed by atoms with E-state index in [1.54, 1.807) is 0 Å². The quantitative estimate of drug-likeness (QED) is 0.399. The highest BCUT2D eigenvalue weighted by atomic mass is 35.5. The summed E-state index contributed by atoms with van der Waals surface area (Å²) in [6.07, 6.45) is 10.2. The van der Waals surface area contributed by atoms with Crippen molar-refractivity contribution in [1.82, 2.24) is 0 Å². The number of aryl methyl sites for hydroxylation is 1. The number of unbranched alkanes of at least 4 members (excludes halogenated alkanes) is 6. The van der Waals surface area contributed by atoms with Crippen molar-refractivity contribution in [2.45, 2.75) is 97.2 Å². The fraction of sp³-hybridized carbons (Fsp3) is 0.714. The van der Waals surface area contributed by atoms with Gasteiger partial charge in [0.2, 0.25) is 0 Å². The first-order chi connectivity index (χ1) is 11.8. The molecule has 1 saturated heterocycles. The summed E-state index contributed by atoms with van der Waals surface area (Å²) in [5.41, 5.74) is 1.49. The molecular weight excluding hydrogens is 330 g/mol. The molecule has 25 heavy (non-hydrogen) atoms. The minimum absolute atomic E-state index is 0.338. The topological polar surface area (TPSA) is 18.5 Å². The van der Waals surface area contributed by atoms with E-state index in [4.69, 9.17) is 20.9 Å². The van der Waals surface area contributed by atoms with Crippen LogP contribution in [0.25, 0.3) is 0 Å². The lowest BCUT2D eigenvalue weighted by molar-refractivity contribution is 0.00578. The molecule has 0 saturated carbocycles. The van der Waals surface area contributed by atoms with Gasteiger partial charge in [0.05, 0.1) is 11.2 Å². The van der Waals surface area contributed by atoms with Crippen molar-refractivity contribution in [3.05, 3.63) is 28.8 Å². The number of hydrogen-bond acceptors (Lipinski definition) is 2. The Bertz CT molecular complexity index is 541. The van der Waals surface area contributed by atoms with Crippen molar-refractivity contribution in [2.75, 3.05) is 0 Å². The minimum Gasteiger partial charge on any atom is -0.399 e. The molecule has 0 unspecified atom stereocenters. The second-order valence-electron chi connectivity index (χ2n) is 8.28. The van der Waals surface area contributed by atoms with E-state index in [-0.39, 0.29) is 18.3 Å². The fourth-order valence-electron chi connectivity index (χ4n) is 3.22. The Kier molecular flexibility index (Phi) is 7.43. The average molecular weight is 365 g/mol. The highest BCUT2D eigenvalue weighted by Crippen LogP contribution is 2.37. The van der Waals surface area contributed by atoms with E-state index >= 15 is 0 Å². The van der Waals surface area contributed by atoms with Crippen LogP contribution in [0.4, 0.5) is 0 Å². The van der Waals surface area contributed by atoms with Crippen LogP contribution in [0.5, 0.6) is 0 Å². The number of halogens is 1. The zero-order valence-electron chi connectivity index (χ0n) is 16.7. The van der Waals surface area contributed by atoms with Crippen LogP contribution in [-0.4, -0.2) is 18.3 Å². The standard InChI is InChI=1S/C21H34BClO2/c1-6-7-8-9-10-11-12-14-17-15-13-16-18(19(17)23)22-24-20(2,3)21(4,5)25-22/h13,15-16H,6-12,14H2,1-5H3. The molecule has 0 spiro atoms. The normalized spacial score (nSPS) is 18.7. The summed E-state index contributed by atoms with van der Waals surface area (Å²) in [5.74, 6) is 0. The molecule has 1 heterocycles. The van der Waals surface area contributed by atoms with Gasteiger partial charge in [-0.2, -0.15) is 0 Å². The maximum Gasteiger partial charge on any atom is 0.496 e. The Hall–Kier alpha value is -0.505. The first-order valence-electron chi connectivity index (χ1n) is 9.91. The molecule has 1 aromatic rings. The van der Waals surface area contributed by atoms with Gasteiger partial charge in [0.15, 0.2) is 0 Å². The molecule has 2 rings (SSSR count). The molecule has 1 aliphatic heterocycles. The summed E-state index contributed by atoms with van der Waals surface area (Å²) < 4.78 is 12.3. The first kappa shape index (κ1) is 20.8. The average Bonchev–Trinajstić information content (AvgIpc) is 2.76. The van der Waals surface area contributed by atoms with E-state index in [1.807, 2.05) is 6.07 Å². The third-order valence-corrected chi connectivity index (χ3v) is 6.13. The van der Waals surface area contributed by atoms with E-state index in [9.17, 15) is 0 Å². The van der Waals surface area contributed by atoms with E-state index in [0.29, 0.717) is 0 Å². The summed E-state index contributed by atoms with van der Waals surface area (Å²) >= 11 is 6.70. The van der Waals surface area contributed by atoms with Crippen LogP contribution < -0.4 is 5.46 Å². The molecule has 1 fully saturated rings. The molecule has 1 aromatic carbocycles. The van der Waals surface area contributed by atoms with E-state index < -0.39 is 0 Å². The second kappa shape index (κ2) is 8.93. The van der Waals surface area contributed by atoms with Crippen molar-refractivity contribution < 1.29 is 9.31 Å². The first-order valence-corrected chi connectivity index (χ1v) is 10.3. The van der Waals surface area contributed by atoms with Gasteiger partial charge in [-0.05, 0) is 46.1 Å². The summed E-state index contributed by atoms with van der Waals surface area (Å²) in [6, 6.07) is 6.23. The van der Waals surface area contributed by atoms with Crippen molar-refractivity contribution in [1.29, 1.82) is 0 Å². The molecule has 0 radical (unpaired) electrons. The van der Waals surface area contributed by atoms with Gasteiger partial charge in [-0.25, -0.2) is 0 Å². The van der Waals surface area contributed by atoms with Gasteiger partial charge >= 0.3 is 7.12 Å². The van der Waals surface area contributed by atoms with E-state index in [0.717, 1.165) is 16.9 Å². The molecule has 0 N–H and O–H groups in total. The van der Waals surface area contributed by atoms with Gasteiger partial charge in [0.25, 0.3) is 0 Å². The minimum atomic E-state index is -0.383. The number of hydrogen-bond donors (Lipinski definition) is 0. The number of rotatable bonds is 9. The third kappa shape index (κ3) is 5.24. The lowest BCUT2D eigenvalue weighted by atomic mass is 9.78. The van der Waals surface area contributed by atoms with Crippen molar-refractivity contribution in [3.8, 4) is 0 Å². The molecule has 140 valence electrons. The van der Waals surface area contributed by atoms with Gasteiger partial charge in [-0.15, -0.1) is 0 Å². The zero-order chi connectivity index (χ0) is 18.5. The van der Waals surface area contributed by atoms with Crippen molar-refractivity contribution in [2.24, 2.45) is 0 Å². The Morgan fingerprint density at radius 2 is 1.44 bits per heavy atom. The Balaban J connectivity index is 1.92. The molecule has 0 bridgehead atoms. The predicted molar refractivity (Wildman–Crippen MR) is 109 cm³/mol. The largest absolute Gasteiger partial charge is 0.496 e. The molecule has 1 aliphatic rings. The van der Waals surface area contributed by atoms with Crippen LogP contribution in [0.3, 0.4) is 0 Å². The second-order valence-corrected chi connectivity index (χ2v) is 8.66. The van der Waals surface area contributed by atoms with Crippen LogP contribution in [-0.2, 0) is 15.7 Å². The molecule has 4 heteroatoms. The van der Waals surface area contributed by atoms with Gasteiger partial charge in [-0.1, -0.05) is 75.2 Å². The predicted octanol–water partition coefficient (Wildman–Crippen LogP) is 5.93. The molecule has 2 nitrogen and oxygen atoms in total. The fourth-order valence-corrected chi connectivity index (χ4v) is 3.53. The van der Waals surface area contributed by atoms with E-state index in [1.165, 1.54) is 50.5 Å². The highest BCUT2D eigenvalue weighted by Gasteiger charge is 2.52. The van der Waals surface area contributed by atoms with Crippen LogP contribution in [0.1, 0.15) is 85.1 Å². The van der Waals surface area contributed by atoms with Gasteiger partial charge in [0, 0.05) is 10.5 Å². The Labute approximate surface area is 159 Å². The molecule has 0 aliphatic carbocycles. The van der Waals surface area contributed by atoms with Gasteiger partial charge < -0.3 is 9.31 Å². The molecule has 0 atom stereocenters. The van der Waals surface area contributed by atoms with E-state index in [2.05, 4.69) is 46.8 Å². The van der Waals surface area contributed by atoms with Crippen LogP contribution in [0, 0.1) is 0 Å². The summed E-state index contributed by atoms with van der Waals surface area (Å²) in [6.45, 7) is 10.5. The highest BCUT2D eigenvalue weighted by molar-refractivity contribution is 6.65. The smallest absolute Gasteiger partial charge is 0.399 e. The van der Waals surface area contributed by atoms with Gasteiger partial charge in [0.1, 0.15) is 0 Å². The molecule has 0 aromatic heterocycles. The van der Waals surface area contributed by atoms with Crippen molar-refractivity contribution in [3.63, 3.8) is 0 Å². The SMILES string of the molecule is CCCCCCCCCc1cccc(B2OC(C)(C)C(C)(C)O2)c1Cl. The lowest BCUT2D eigenvalue weighted by Gasteiger charge is -2.32. The molecular formula is C21H34BClO2. The summed E-state index contributed by atoms with van der Waals surface area (Å²) in [7, 11) is -0.383. The zero-order valence-corrected chi connectivity index (χ0v) is 17.4. The lowest BCUT2D eigenvalue weighted by Crippen LogP contribution is -2.41. The van der Waals surface area contributed by atoms with Crippen LogP contribution >= 0.6 is 11.6 Å². The number of benzene rings is 1. The monoisotopic (exact) mass is 364 g/mol. The third-order valence-electron chi connectivity index (χ3n) is 5.67. The Morgan fingerprint density at radius 3 is 2.04 bits per heavy atom. The summed E-state index contributed by atoms with van der Waals surface area (Å²) in [5, 5.41) is 0.812. The van der Waals surface area contributed by atoms with Crippen molar-refractivity contribution >= 4 is 24.2 Å². The van der Waals surface area contributed by atoms with Crippen LogP contribution in [0.15, 0.2) is 18.2 Å². The Morgan fingerprint density at radius 1 is 0.880 bits per heavy atom. The van der Waals surface area contributed by atoms with Gasteiger partial charge in [-0.3, -0.25) is 0 Å². The molecule has 0 amide bonds. The maximum atomic E-state index is 6.70. The van der Waals surface area contributed by atoms with Crippen LogP contribution in [0.2, 0.25) is 5.02 Å².